The number of nitriles is 1. The number of aromatic nitrogens is 2. The Bertz CT molecular complexity index is 1140. The summed E-state index contributed by atoms with van der Waals surface area (Å²) in [7, 11) is 0. The second-order valence-electron chi connectivity index (χ2n) is 6.16. The Morgan fingerprint density at radius 3 is 2.45 bits per heavy atom. The summed E-state index contributed by atoms with van der Waals surface area (Å²) in [6.45, 7) is 1.65. The summed E-state index contributed by atoms with van der Waals surface area (Å²) in [4.78, 5) is 16.8. The molecular formula is C19H12F5N3OS. The first kappa shape index (κ1) is 20.7. The minimum Gasteiger partial charge on any atom is -0.300 e. The van der Waals surface area contributed by atoms with Crippen molar-refractivity contribution in [1.29, 1.82) is 5.26 Å². The average molecular weight is 425 g/mol. The highest BCUT2D eigenvalue weighted by Gasteiger charge is 2.60. The number of aryl methyl sites for hydroxylation is 1. The first-order chi connectivity index (χ1) is 13.6. The number of hydrogen-bond acceptors (Lipinski definition) is 4. The largest absolute Gasteiger partial charge is 0.458 e. The molecule has 0 amide bonds. The van der Waals surface area contributed by atoms with Crippen LogP contribution >= 0.6 is 11.3 Å². The number of thiazole rings is 1. The number of pyridine rings is 1. The molecule has 2 heterocycles. The Hall–Kier alpha value is -3.06. The summed E-state index contributed by atoms with van der Waals surface area (Å²) < 4.78 is 68.1. The summed E-state index contributed by atoms with van der Waals surface area (Å²) in [5.41, 5.74) is -2.95. The van der Waals surface area contributed by atoms with Gasteiger partial charge < -0.3 is 4.57 Å². The zero-order valence-electron chi connectivity index (χ0n) is 14.8. The molecule has 1 aromatic carbocycles. The summed E-state index contributed by atoms with van der Waals surface area (Å²) in [6, 6.07) is 8.68. The van der Waals surface area contributed by atoms with E-state index in [9.17, 15) is 32.0 Å². The van der Waals surface area contributed by atoms with Crippen molar-refractivity contribution in [2.24, 2.45) is 0 Å². The fourth-order valence-corrected chi connectivity index (χ4v) is 3.46. The van der Waals surface area contributed by atoms with Gasteiger partial charge in [0.25, 0.3) is 5.56 Å². The molecule has 0 bridgehead atoms. The van der Waals surface area contributed by atoms with Gasteiger partial charge in [0, 0.05) is 11.6 Å². The third-order valence-corrected chi connectivity index (χ3v) is 5.14. The van der Waals surface area contributed by atoms with Crippen molar-refractivity contribution in [3.8, 4) is 16.8 Å². The van der Waals surface area contributed by atoms with E-state index in [1.807, 2.05) is 0 Å². The van der Waals surface area contributed by atoms with Crippen molar-refractivity contribution < 1.29 is 22.0 Å². The predicted molar refractivity (Wildman–Crippen MR) is 96.8 cm³/mol. The van der Waals surface area contributed by atoms with Crippen LogP contribution in [0.25, 0.3) is 10.7 Å². The molecule has 3 aromatic rings. The fourth-order valence-electron chi connectivity index (χ4n) is 2.80. The number of alkyl halides is 5. The molecule has 0 radical (unpaired) electrons. The number of halogens is 5. The molecule has 0 aliphatic carbocycles. The van der Waals surface area contributed by atoms with Crippen molar-refractivity contribution in [1.82, 2.24) is 9.55 Å². The van der Waals surface area contributed by atoms with Gasteiger partial charge in [-0.15, -0.1) is 11.3 Å². The summed E-state index contributed by atoms with van der Waals surface area (Å²) in [5.74, 6) is -5.37. The Labute approximate surface area is 165 Å². The molecule has 0 fully saturated rings. The Balaban J connectivity index is 2.34. The van der Waals surface area contributed by atoms with Gasteiger partial charge in [0.2, 0.25) is 0 Å². The SMILES string of the molecule is Cc1ccccc1Cn1c(-c2nccs2)cc(C(F)(F)C(F)(F)F)c(C#N)c1=O. The fraction of sp³-hybridized carbons (Fsp3) is 0.211. The Kier molecular flexibility index (Phi) is 5.28. The van der Waals surface area contributed by atoms with Gasteiger partial charge in [-0.3, -0.25) is 4.79 Å². The molecule has 29 heavy (non-hydrogen) atoms. The molecule has 0 saturated carbocycles. The molecule has 0 saturated heterocycles. The second-order valence-corrected chi connectivity index (χ2v) is 7.05. The number of rotatable bonds is 4. The molecule has 0 aliphatic rings. The van der Waals surface area contributed by atoms with Crippen LogP contribution in [-0.2, 0) is 12.5 Å². The van der Waals surface area contributed by atoms with Crippen molar-refractivity contribution in [3.05, 3.63) is 74.5 Å². The van der Waals surface area contributed by atoms with Gasteiger partial charge in [-0.2, -0.15) is 27.2 Å². The standard InChI is InChI=1S/C19H12F5N3OS/c1-11-4-2-3-5-12(11)10-27-15(16-26-6-7-29-16)8-14(13(9-25)17(27)28)18(20,21)19(22,23)24/h2-8H,10H2,1H3. The maximum Gasteiger partial charge on any atom is 0.458 e. The van der Waals surface area contributed by atoms with Crippen LogP contribution in [0.4, 0.5) is 22.0 Å². The van der Waals surface area contributed by atoms with Crippen LogP contribution in [0.15, 0.2) is 46.7 Å². The third kappa shape index (κ3) is 3.65. The van der Waals surface area contributed by atoms with Crippen LogP contribution in [0, 0.1) is 18.3 Å². The van der Waals surface area contributed by atoms with Crippen molar-refractivity contribution >= 4 is 11.3 Å². The molecule has 0 aliphatic heterocycles. The van der Waals surface area contributed by atoms with Gasteiger partial charge in [-0.25, -0.2) is 4.98 Å². The molecule has 2 aromatic heterocycles. The minimum atomic E-state index is -5.96. The lowest BCUT2D eigenvalue weighted by Gasteiger charge is -2.23. The molecule has 10 heteroatoms. The highest BCUT2D eigenvalue weighted by atomic mass is 32.1. The highest BCUT2D eigenvalue weighted by Crippen LogP contribution is 2.45. The normalized spacial score (nSPS) is 12.0. The Morgan fingerprint density at radius 2 is 1.90 bits per heavy atom. The average Bonchev–Trinajstić information content (AvgIpc) is 3.18. The van der Waals surface area contributed by atoms with Gasteiger partial charge in [-0.05, 0) is 24.1 Å². The predicted octanol–water partition coefficient (Wildman–Crippen LogP) is 4.85. The first-order valence-corrected chi connectivity index (χ1v) is 9.03. The lowest BCUT2D eigenvalue weighted by molar-refractivity contribution is -0.289. The summed E-state index contributed by atoms with van der Waals surface area (Å²) in [6.07, 6.45) is -4.63. The van der Waals surface area contributed by atoms with Crippen LogP contribution in [0.5, 0.6) is 0 Å². The minimum absolute atomic E-state index is 0.0828. The van der Waals surface area contributed by atoms with Crippen LogP contribution in [0.3, 0.4) is 0 Å². The molecule has 0 atom stereocenters. The zero-order valence-corrected chi connectivity index (χ0v) is 15.6. The van der Waals surface area contributed by atoms with Gasteiger partial charge in [0.15, 0.2) is 0 Å². The van der Waals surface area contributed by atoms with Gasteiger partial charge in [0.1, 0.15) is 16.6 Å². The number of nitrogens with zero attached hydrogens (tertiary/aromatic N) is 3. The maximum atomic E-state index is 14.1. The van der Waals surface area contributed by atoms with Gasteiger partial charge in [-0.1, -0.05) is 24.3 Å². The summed E-state index contributed by atoms with van der Waals surface area (Å²) >= 11 is 0.974. The van der Waals surface area contributed by atoms with E-state index in [4.69, 9.17) is 0 Å². The van der Waals surface area contributed by atoms with Crippen molar-refractivity contribution in [2.45, 2.75) is 25.6 Å². The molecule has 3 rings (SSSR count). The Morgan fingerprint density at radius 1 is 1.21 bits per heavy atom. The van der Waals surface area contributed by atoms with E-state index in [1.165, 1.54) is 17.6 Å². The van der Waals surface area contributed by atoms with Gasteiger partial charge >= 0.3 is 12.1 Å². The lowest BCUT2D eigenvalue weighted by Crippen LogP contribution is -2.38. The molecule has 0 spiro atoms. The van der Waals surface area contributed by atoms with Gasteiger partial charge in [0.05, 0.1) is 17.8 Å². The quantitative estimate of drug-likeness (QED) is 0.562. The van der Waals surface area contributed by atoms with E-state index in [0.29, 0.717) is 11.6 Å². The van der Waals surface area contributed by atoms with Crippen molar-refractivity contribution in [3.63, 3.8) is 0 Å². The number of benzene rings is 1. The van der Waals surface area contributed by atoms with E-state index in [0.717, 1.165) is 21.5 Å². The van der Waals surface area contributed by atoms with Crippen LogP contribution < -0.4 is 5.56 Å². The maximum absolute atomic E-state index is 14.1. The van der Waals surface area contributed by atoms with Crippen LogP contribution in [-0.4, -0.2) is 15.7 Å². The number of hydrogen-bond donors (Lipinski definition) is 0. The molecule has 0 N–H and O–H groups in total. The first-order valence-electron chi connectivity index (χ1n) is 8.15. The topological polar surface area (TPSA) is 58.7 Å². The van der Waals surface area contributed by atoms with Crippen molar-refractivity contribution in [2.75, 3.05) is 0 Å². The van der Waals surface area contributed by atoms with E-state index >= 15 is 0 Å². The van der Waals surface area contributed by atoms with E-state index < -0.39 is 28.8 Å². The second kappa shape index (κ2) is 7.40. The monoisotopic (exact) mass is 425 g/mol. The summed E-state index contributed by atoms with van der Waals surface area (Å²) in [5, 5.41) is 10.8. The zero-order chi connectivity index (χ0) is 21.4. The van der Waals surface area contributed by atoms with Crippen LogP contribution in [0.1, 0.15) is 22.3 Å². The highest BCUT2D eigenvalue weighted by molar-refractivity contribution is 7.13. The molecule has 4 nitrogen and oxygen atoms in total. The smallest absolute Gasteiger partial charge is 0.300 e. The van der Waals surface area contributed by atoms with E-state index in [-0.39, 0.29) is 17.2 Å². The van der Waals surface area contributed by atoms with E-state index in [1.54, 1.807) is 31.2 Å². The molecule has 0 unspecified atom stereocenters. The molecular weight excluding hydrogens is 413 g/mol. The van der Waals surface area contributed by atoms with E-state index in [2.05, 4.69) is 4.98 Å². The molecule has 150 valence electrons. The van der Waals surface area contributed by atoms with Crippen LogP contribution in [0.2, 0.25) is 0 Å². The third-order valence-electron chi connectivity index (χ3n) is 4.35. The lowest BCUT2D eigenvalue weighted by atomic mass is 10.0.